The van der Waals surface area contributed by atoms with Gasteiger partial charge in [0.05, 0.1) is 0 Å². The maximum absolute atomic E-state index is 12.9. The molecular weight excluding hydrogens is 352 g/mol. The topological polar surface area (TPSA) is 81.2 Å². The van der Waals surface area contributed by atoms with Gasteiger partial charge in [0.25, 0.3) is 0 Å². The first-order valence-electron chi connectivity index (χ1n) is 9.16. The Morgan fingerprint density at radius 2 is 2.12 bits per heavy atom. The van der Waals surface area contributed by atoms with Gasteiger partial charge in [0.2, 0.25) is 10.0 Å². The minimum atomic E-state index is -3.44. The summed E-state index contributed by atoms with van der Waals surface area (Å²) in [7, 11) is -3.44. The molecule has 144 valence electrons. The van der Waals surface area contributed by atoms with E-state index in [2.05, 4.69) is 21.6 Å². The van der Waals surface area contributed by atoms with Crippen LogP contribution in [0.3, 0.4) is 0 Å². The predicted molar refractivity (Wildman–Crippen MR) is 99.3 cm³/mol. The van der Waals surface area contributed by atoms with Crippen LogP contribution in [0.2, 0.25) is 0 Å². The third kappa shape index (κ3) is 4.01. The lowest BCUT2D eigenvalue weighted by Gasteiger charge is -2.33. The second-order valence-electron chi connectivity index (χ2n) is 7.95. The molecule has 1 atom stereocenters. The zero-order valence-electron chi connectivity index (χ0n) is 16.0. The summed E-state index contributed by atoms with van der Waals surface area (Å²) in [5.74, 6) is 1.58. The number of rotatable bonds is 5. The largest absolute Gasteiger partial charge is 0.361 e. The van der Waals surface area contributed by atoms with Crippen LogP contribution in [-0.4, -0.2) is 40.5 Å². The van der Waals surface area contributed by atoms with Crippen molar-refractivity contribution in [3.05, 3.63) is 35.7 Å². The molecule has 8 heteroatoms. The van der Waals surface area contributed by atoms with E-state index in [9.17, 15) is 8.42 Å². The Bertz CT molecular complexity index is 848. The molecule has 1 fully saturated rings. The molecule has 2 aromatic rings. The zero-order chi connectivity index (χ0) is 18.9. The van der Waals surface area contributed by atoms with Gasteiger partial charge in [0.1, 0.15) is 23.0 Å². The number of nitrogens with zero attached hydrogens (tertiary/aromatic N) is 4. The third-order valence-electron chi connectivity index (χ3n) is 4.84. The van der Waals surface area contributed by atoms with Crippen molar-refractivity contribution in [2.24, 2.45) is 0 Å². The van der Waals surface area contributed by atoms with Gasteiger partial charge in [-0.1, -0.05) is 32.9 Å². The number of hydrogen-bond acceptors (Lipinski definition) is 5. The molecule has 2 aromatic heterocycles. The van der Waals surface area contributed by atoms with Crippen molar-refractivity contribution < 1.29 is 12.9 Å². The standard InChI is InChI=1S/C18H28N4O3S/c1-5-17-19-8-10-22(17)15-7-6-9-21(12-15)26(23,24)13-14-11-16(25-20-14)18(2,3)4/h8,10-11,15H,5-7,9,12-13H2,1-4H3. The van der Waals surface area contributed by atoms with Crippen molar-refractivity contribution in [2.75, 3.05) is 13.1 Å². The van der Waals surface area contributed by atoms with E-state index in [1.54, 1.807) is 16.6 Å². The van der Waals surface area contributed by atoms with E-state index in [1.807, 2.05) is 27.0 Å². The summed E-state index contributed by atoms with van der Waals surface area (Å²) < 4.78 is 34.8. The van der Waals surface area contributed by atoms with E-state index >= 15 is 0 Å². The number of piperidine rings is 1. The fourth-order valence-electron chi connectivity index (χ4n) is 3.36. The Morgan fingerprint density at radius 1 is 1.35 bits per heavy atom. The second kappa shape index (κ2) is 7.15. The monoisotopic (exact) mass is 380 g/mol. The van der Waals surface area contributed by atoms with Crippen molar-refractivity contribution in [3.8, 4) is 0 Å². The first-order chi connectivity index (χ1) is 12.2. The summed E-state index contributed by atoms with van der Waals surface area (Å²) in [5.41, 5.74) is 0.275. The smallest absolute Gasteiger partial charge is 0.220 e. The Hall–Kier alpha value is -1.67. The molecule has 3 heterocycles. The van der Waals surface area contributed by atoms with Gasteiger partial charge in [0, 0.05) is 49.4 Å². The molecule has 0 bridgehead atoms. The van der Waals surface area contributed by atoms with Gasteiger partial charge < -0.3 is 9.09 Å². The van der Waals surface area contributed by atoms with Crippen LogP contribution in [-0.2, 0) is 27.6 Å². The van der Waals surface area contributed by atoms with Crippen molar-refractivity contribution in [1.29, 1.82) is 0 Å². The highest BCUT2D eigenvalue weighted by atomic mass is 32.2. The Labute approximate surface area is 155 Å². The first kappa shape index (κ1) is 19.1. The highest BCUT2D eigenvalue weighted by molar-refractivity contribution is 7.88. The molecule has 0 saturated carbocycles. The van der Waals surface area contributed by atoms with Gasteiger partial charge >= 0.3 is 0 Å². The average Bonchev–Trinajstić information content (AvgIpc) is 3.23. The minimum Gasteiger partial charge on any atom is -0.361 e. The summed E-state index contributed by atoms with van der Waals surface area (Å²) in [6.07, 6.45) is 6.39. The molecule has 1 unspecified atom stereocenters. The lowest BCUT2D eigenvalue weighted by atomic mass is 9.93. The maximum atomic E-state index is 12.9. The van der Waals surface area contributed by atoms with Gasteiger partial charge in [-0.3, -0.25) is 0 Å². The first-order valence-corrected chi connectivity index (χ1v) is 10.8. The van der Waals surface area contributed by atoms with Gasteiger partial charge in [-0.2, -0.15) is 4.31 Å². The number of aryl methyl sites for hydroxylation is 1. The summed E-state index contributed by atoms with van der Waals surface area (Å²) in [6, 6.07) is 1.89. The van der Waals surface area contributed by atoms with Gasteiger partial charge in [-0.15, -0.1) is 0 Å². The predicted octanol–water partition coefficient (Wildman–Crippen LogP) is 2.90. The molecule has 1 aliphatic heterocycles. The molecule has 1 saturated heterocycles. The summed E-state index contributed by atoms with van der Waals surface area (Å²) in [5, 5.41) is 3.96. The van der Waals surface area contributed by atoms with Crippen LogP contribution in [0, 0.1) is 0 Å². The second-order valence-corrected chi connectivity index (χ2v) is 9.92. The molecule has 0 N–H and O–H groups in total. The van der Waals surface area contributed by atoms with Crippen molar-refractivity contribution in [2.45, 2.75) is 64.2 Å². The van der Waals surface area contributed by atoms with Gasteiger partial charge in [-0.05, 0) is 12.8 Å². The van der Waals surface area contributed by atoms with Crippen LogP contribution in [0.25, 0.3) is 0 Å². The van der Waals surface area contributed by atoms with E-state index < -0.39 is 10.0 Å². The average molecular weight is 381 g/mol. The van der Waals surface area contributed by atoms with Gasteiger partial charge in [0.15, 0.2) is 0 Å². The molecule has 0 radical (unpaired) electrons. The van der Waals surface area contributed by atoms with Crippen LogP contribution in [0.5, 0.6) is 0 Å². The number of imidazole rings is 1. The molecular formula is C18H28N4O3S. The molecule has 0 amide bonds. The number of sulfonamides is 1. The SMILES string of the molecule is CCc1nccn1C1CCCN(S(=O)(=O)Cc2cc(C(C)(C)C)on2)C1. The van der Waals surface area contributed by atoms with E-state index in [4.69, 9.17) is 4.52 Å². The van der Waals surface area contributed by atoms with Crippen LogP contribution in [0.1, 0.15) is 63.9 Å². The van der Waals surface area contributed by atoms with Crippen LogP contribution >= 0.6 is 0 Å². The number of aromatic nitrogens is 3. The molecule has 0 aliphatic carbocycles. The molecule has 1 aliphatic rings. The number of hydrogen-bond donors (Lipinski definition) is 0. The van der Waals surface area contributed by atoms with Crippen LogP contribution in [0.15, 0.2) is 23.0 Å². The molecule has 7 nitrogen and oxygen atoms in total. The molecule has 3 rings (SSSR count). The maximum Gasteiger partial charge on any atom is 0.220 e. The lowest BCUT2D eigenvalue weighted by molar-refractivity contribution is 0.262. The summed E-state index contributed by atoms with van der Waals surface area (Å²) in [4.78, 5) is 4.36. The fraction of sp³-hybridized carbons (Fsp3) is 0.667. The van der Waals surface area contributed by atoms with Crippen molar-refractivity contribution in [1.82, 2.24) is 19.0 Å². The highest BCUT2D eigenvalue weighted by Gasteiger charge is 2.31. The zero-order valence-corrected chi connectivity index (χ0v) is 16.8. The van der Waals surface area contributed by atoms with E-state index in [0.29, 0.717) is 24.5 Å². The molecule has 0 aromatic carbocycles. The Kier molecular flexibility index (Phi) is 5.25. The van der Waals surface area contributed by atoms with Crippen molar-refractivity contribution in [3.63, 3.8) is 0 Å². The Morgan fingerprint density at radius 3 is 2.77 bits per heavy atom. The molecule has 26 heavy (non-hydrogen) atoms. The van der Waals surface area contributed by atoms with E-state index in [0.717, 1.165) is 25.1 Å². The molecule has 0 spiro atoms. The van der Waals surface area contributed by atoms with Crippen LogP contribution < -0.4 is 0 Å². The normalized spacial score (nSPS) is 19.8. The summed E-state index contributed by atoms with van der Waals surface area (Å²) >= 11 is 0. The van der Waals surface area contributed by atoms with E-state index in [-0.39, 0.29) is 17.2 Å². The Balaban J connectivity index is 1.73. The quantitative estimate of drug-likeness (QED) is 0.797. The van der Waals surface area contributed by atoms with Gasteiger partial charge in [-0.25, -0.2) is 13.4 Å². The highest BCUT2D eigenvalue weighted by Crippen LogP contribution is 2.27. The minimum absolute atomic E-state index is 0.121. The third-order valence-corrected chi connectivity index (χ3v) is 6.62. The summed E-state index contributed by atoms with van der Waals surface area (Å²) in [6.45, 7) is 9.13. The fourth-order valence-corrected chi connectivity index (χ4v) is 4.86. The van der Waals surface area contributed by atoms with E-state index in [1.165, 1.54) is 0 Å². The lowest BCUT2D eigenvalue weighted by Crippen LogP contribution is -2.41. The van der Waals surface area contributed by atoms with Crippen LogP contribution in [0.4, 0.5) is 0 Å². The van der Waals surface area contributed by atoms with Crippen molar-refractivity contribution >= 4 is 10.0 Å².